The molecule has 1 N–H and O–H groups in total. The number of H-pyrrole nitrogens is 1. The summed E-state index contributed by atoms with van der Waals surface area (Å²) in [6.45, 7) is 9.79. The van der Waals surface area contributed by atoms with Crippen LogP contribution in [0.3, 0.4) is 0 Å². The van der Waals surface area contributed by atoms with Crippen molar-refractivity contribution in [3.63, 3.8) is 0 Å². The molecule has 2 aliphatic carbocycles. The van der Waals surface area contributed by atoms with Crippen LogP contribution in [0.15, 0.2) is 10.9 Å². The third kappa shape index (κ3) is 2.92. The average molecular weight is 398 g/mol. The van der Waals surface area contributed by atoms with Crippen LogP contribution in [0.1, 0.15) is 75.0 Å². The third-order valence-electron chi connectivity index (χ3n) is 8.15. The van der Waals surface area contributed by atoms with Gasteiger partial charge in [0.05, 0.1) is 11.2 Å². The number of nitrogens with one attached hydrogen (secondary N) is 1. The molecule has 1 saturated carbocycles. The lowest BCUT2D eigenvalue weighted by Crippen LogP contribution is -2.43. The Balaban J connectivity index is 1.33. The molecule has 1 aromatic rings. The Hall–Kier alpha value is -1.60. The van der Waals surface area contributed by atoms with Gasteiger partial charge in [0, 0.05) is 35.7 Å². The second-order valence-electron chi connectivity index (χ2n) is 10.4. The quantitative estimate of drug-likeness (QED) is 0.778. The number of nitrogens with zero attached hydrogens (tertiary/aromatic N) is 1. The molecule has 7 heteroatoms. The molecule has 4 aliphatic rings. The van der Waals surface area contributed by atoms with Gasteiger partial charge < -0.3 is 19.2 Å². The smallest absolute Gasteiger partial charge is 0.403 e. The first-order valence-electron chi connectivity index (χ1n) is 11.0. The number of carbonyl (C=O) groups is 1. The van der Waals surface area contributed by atoms with Crippen molar-refractivity contribution in [3.05, 3.63) is 33.2 Å². The van der Waals surface area contributed by atoms with Gasteiger partial charge in [-0.2, -0.15) is 0 Å². The summed E-state index contributed by atoms with van der Waals surface area (Å²) in [5.41, 5.74) is 1.82. The lowest BCUT2D eigenvalue weighted by molar-refractivity contribution is 0.00578. The van der Waals surface area contributed by atoms with Gasteiger partial charge in [0.25, 0.3) is 5.91 Å². The first kappa shape index (κ1) is 19.4. The van der Waals surface area contributed by atoms with Crippen molar-refractivity contribution in [2.45, 2.75) is 82.7 Å². The second-order valence-corrected chi connectivity index (χ2v) is 10.4. The van der Waals surface area contributed by atoms with Crippen LogP contribution in [-0.2, 0) is 22.2 Å². The Labute approximate surface area is 172 Å². The van der Waals surface area contributed by atoms with Crippen LogP contribution < -0.4 is 5.56 Å². The van der Waals surface area contributed by atoms with Crippen molar-refractivity contribution in [1.82, 2.24) is 9.88 Å². The first-order valence-corrected chi connectivity index (χ1v) is 11.0. The number of fused-ring (bicyclic) bond motifs is 2. The Kier molecular flexibility index (Phi) is 4.15. The number of aryl methyl sites for hydroxylation is 1. The SMILES string of the molecule is CC1(C)OB(C23CCN(C(=O)c4cc(=O)[nH]c5c4CCCC5)CC2C3)OC1(C)C. The number of pyridine rings is 1. The lowest BCUT2D eigenvalue weighted by atomic mass is 9.63. The van der Waals surface area contributed by atoms with Crippen LogP contribution >= 0.6 is 0 Å². The molecule has 5 rings (SSSR count). The van der Waals surface area contributed by atoms with E-state index in [1.807, 2.05) is 4.90 Å². The predicted octanol–water partition coefficient (Wildman–Crippen LogP) is 2.95. The average Bonchev–Trinajstić information content (AvgIpc) is 3.35. The Morgan fingerprint density at radius 2 is 1.86 bits per heavy atom. The van der Waals surface area contributed by atoms with E-state index in [1.165, 1.54) is 6.07 Å². The minimum Gasteiger partial charge on any atom is -0.403 e. The van der Waals surface area contributed by atoms with Crippen molar-refractivity contribution in [2.24, 2.45) is 5.92 Å². The molecule has 3 fully saturated rings. The zero-order chi connectivity index (χ0) is 20.6. The minimum absolute atomic E-state index is 0.0173. The van der Waals surface area contributed by atoms with E-state index in [0.29, 0.717) is 18.0 Å². The number of aromatic nitrogens is 1. The normalized spacial score (nSPS) is 31.9. The van der Waals surface area contributed by atoms with E-state index in [9.17, 15) is 9.59 Å². The number of piperidine rings is 1. The molecule has 1 aromatic heterocycles. The molecule has 29 heavy (non-hydrogen) atoms. The summed E-state index contributed by atoms with van der Waals surface area (Å²) < 4.78 is 12.7. The van der Waals surface area contributed by atoms with Crippen molar-refractivity contribution >= 4 is 13.0 Å². The van der Waals surface area contributed by atoms with Crippen LogP contribution in [0, 0.1) is 5.92 Å². The van der Waals surface area contributed by atoms with E-state index in [2.05, 4.69) is 32.7 Å². The molecule has 2 saturated heterocycles. The molecule has 3 heterocycles. The number of amides is 1. The number of carbonyl (C=O) groups excluding carboxylic acids is 1. The first-order chi connectivity index (χ1) is 13.6. The Bertz CT molecular complexity index is 908. The highest BCUT2D eigenvalue weighted by Gasteiger charge is 2.70. The molecule has 2 aliphatic heterocycles. The molecule has 6 nitrogen and oxygen atoms in total. The van der Waals surface area contributed by atoms with Crippen LogP contribution in [0.25, 0.3) is 0 Å². The van der Waals surface area contributed by atoms with Gasteiger partial charge in [0.1, 0.15) is 0 Å². The topological polar surface area (TPSA) is 71.6 Å². The summed E-state index contributed by atoms with van der Waals surface area (Å²) in [5, 5.41) is 0.0371. The second kappa shape index (κ2) is 6.21. The highest BCUT2D eigenvalue weighted by Crippen LogP contribution is 2.69. The molecule has 0 bridgehead atoms. The van der Waals surface area contributed by atoms with E-state index >= 15 is 0 Å². The van der Waals surface area contributed by atoms with E-state index in [0.717, 1.165) is 56.3 Å². The van der Waals surface area contributed by atoms with Crippen molar-refractivity contribution in [3.8, 4) is 0 Å². The number of rotatable bonds is 2. The van der Waals surface area contributed by atoms with Crippen LogP contribution in [-0.4, -0.2) is 47.2 Å². The number of likely N-dealkylation sites (tertiary alicyclic amines) is 1. The van der Waals surface area contributed by atoms with E-state index in [1.54, 1.807) is 0 Å². The van der Waals surface area contributed by atoms with E-state index in [4.69, 9.17) is 9.31 Å². The van der Waals surface area contributed by atoms with Gasteiger partial charge in [0.15, 0.2) is 0 Å². The fraction of sp³-hybridized carbons (Fsp3) is 0.727. The Morgan fingerprint density at radius 3 is 2.55 bits per heavy atom. The highest BCUT2D eigenvalue weighted by molar-refractivity contribution is 6.51. The van der Waals surface area contributed by atoms with E-state index < -0.39 is 0 Å². The molecule has 2 unspecified atom stereocenters. The van der Waals surface area contributed by atoms with Gasteiger partial charge in [-0.3, -0.25) is 9.59 Å². The maximum absolute atomic E-state index is 13.3. The molecule has 156 valence electrons. The van der Waals surface area contributed by atoms with Crippen molar-refractivity contribution < 1.29 is 14.1 Å². The van der Waals surface area contributed by atoms with Gasteiger partial charge in [-0.25, -0.2) is 0 Å². The largest absolute Gasteiger partial charge is 0.464 e. The predicted molar refractivity (Wildman–Crippen MR) is 111 cm³/mol. The van der Waals surface area contributed by atoms with Crippen LogP contribution in [0.2, 0.25) is 5.31 Å². The summed E-state index contributed by atoms with van der Waals surface area (Å²) in [7, 11) is -0.193. The summed E-state index contributed by atoms with van der Waals surface area (Å²) in [4.78, 5) is 30.3. The molecule has 0 spiro atoms. The van der Waals surface area contributed by atoms with Gasteiger partial charge in [0.2, 0.25) is 5.56 Å². The maximum atomic E-state index is 13.3. The standard InChI is InChI=1S/C22H31BN2O4/c1-20(2)21(3,4)29-23(28-20)22-9-10-25(13-14(22)12-22)19(27)16-11-18(26)24-17-8-6-5-7-15(16)17/h11,14H,5-10,12-13H2,1-4H3,(H,24,26). The fourth-order valence-electron chi connectivity index (χ4n) is 5.43. The Morgan fingerprint density at radius 1 is 1.17 bits per heavy atom. The number of aromatic amines is 1. The van der Waals surface area contributed by atoms with Gasteiger partial charge in [-0.1, -0.05) is 0 Å². The van der Waals surface area contributed by atoms with Gasteiger partial charge in [-0.05, 0) is 77.7 Å². The summed E-state index contributed by atoms with van der Waals surface area (Å²) in [5.74, 6) is 0.427. The zero-order valence-electron chi connectivity index (χ0n) is 18.0. The summed E-state index contributed by atoms with van der Waals surface area (Å²) in [6.07, 6.45) is 5.82. The molecule has 2 atom stereocenters. The highest BCUT2D eigenvalue weighted by atomic mass is 16.7. The molecule has 0 aromatic carbocycles. The van der Waals surface area contributed by atoms with E-state index in [-0.39, 0.29) is 35.1 Å². The van der Waals surface area contributed by atoms with Gasteiger partial charge in [-0.15, -0.1) is 0 Å². The van der Waals surface area contributed by atoms with Crippen LogP contribution in [0.4, 0.5) is 0 Å². The summed E-state index contributed by atoms with van der Waals surface area (Å²) >= 11 is 0. The molecular formula is C22H31BN2O4. The fourth-order valence-corrected chi connectivity index (χ4v) is 5.43. The van der Waals surface area contributed by atoms with Crippen molar-refractivity contribution in [2.75, 3.05) is 13.1 Å². The lowest BCUT2D eigenvalue weighted by Gasteiger charge is -2.33. The third-order valence-corrected chi connectivity index (χ3v) is 8.15. The molecule has 0 radical (unpaired) electrons. The molecule has 1 amide bonds. The zero-order valence-corrected chi connectivity index (χ0v) is 18.0. The maximum Gasteiger partial charge on any atom is 0.464 e. The van der Waals surface area contributed by atoms with Crippen LogP contribution in [0.5, 0.6) is 0 Å². The van der Waals surface area contributed by atoms with Crippen molar-refractivity contribution in [1.29, 1.82) is 0 Å². The minimum atomic E-state index is -0.323. The number of hydrogen-bond donors (Lipinski definition) is 1. The number of hydrogen-bond acceptors (Lipinski definition) is 4. The monoisotopic (exact) mass is 398 g/mol. The molecular weight excluding hydrogens is 367 g/mol. The van der Waals surface area contributed by atoms with Gasteiger partial charge >= 0.3 is 7.12 Å². The summed E-state index contributed by atoms with van der Waals surface area (Å²) in [6, 6.07) is 1.51.